The van der Waals surface area contributed by atoms with E-state index in [1.54, 1.807) is 24.9 Å². The fourth-order valence-corrected chi connectivity index (χ4v) is 2.85. The van der Waals surface area contributed by atoms with Crippen LogP contribution in [0.25, 0.3) is 28.0 Å². The van der Waals surface area contributed by atoms with E-state index >= 15 is 0 Å². The van der Waals surface area contributed by atoms with Crippen LogP contribution in [-0.2, 0) is 0 Å². The summed E-state index contributed by atoms with van der Waals surface area (Å²) < 4.78 is 12.1. The number of hydrogen-bond donors (Lipinski definition) is 1. The van der Waals surface area contributed by atoms with E-state index < -0.39 is 0 Å². The number of benzene rings is 2. The SMILES string of the molecule is COc1ccc(-c2cc3ncc(-c4ccc(OC)cc4)c(N)n3n2)cc1. The third-order valence-corrected chi connectivity index (χ3v) is 4.31. The number of fused-ring (bicyclic) bond motifs is 1. The molecule has 0 bridgehead atoms. The molecule has 0 spiro atoms. The summed E-state index contributed by atoms with van der Waals surface area (Å²) in [7, 11) is 3.28. The minimum Gasteiger partial charge on any atom is -0.497 e. The lowest BCUT2D eigenvalue weighted by atomic mass is 10.1. The molecule has 0 aliphatic heterocycles. The Hall–Kier alpha value is -3.54. The lowest BCUT2D eigenvalue weighted by molar-refractivity contribution is 0.415. The Morgan fingerprint density at radius 3 is 2.00 bits per heavy atom. The molecule has 4 aromatic rings. The van der Waals surface area contributed by atoms with Crippen molar-refractivity contribution in [1.82, 2.24) is 14.6 Å². The van der Waals surface area contributed by atoms with Crippen molar-refractivity contribution in [2.75, 3.05) is 20.0 Å². The van der Waals surface area contributed by atoms with Crippen LogP contribution in [0.1, 0.15) is 0 Å². The monoisotopic (exact) mass is 346 g/mol. The standard InChI is InChI=1S/C20H18N4O2/c1-25-15-7-3-13(4-8-15)17-12-22-19-11-18(23-24(19)20(17)21)14-5-9-16(26-2)10-6-14/h3-12H,21H2,1-2H3. The van der Waals surface area contributed by atoms with E-state index in [4.69, 9.17) is 15.2 Å². The van der Waals surface area contributed by atoms with Crippen LogP contribution < -0.4 is 15.2 Å². The highest BCUT2D eigenvalue weighted by atomic mass is 16.5. The van der Waals surface area contributed by atoms with Gasteiger partial charge in [-0.25, -0.2) is 4.98 Å². The maximum absolute atomic E-state index is 6.37. The van der Waals surface area contributed by atoms with Gasteiger partial charge in [-0.2, -0.15) is 9.61 Å². The van der Waals surface area contributed by atoms with Crippen LogP contribution in [0.5, 0.6) is 11.5 Å². The zero-order valence-corrected chi connectivity index (χ0v) is 14.5. The van der Waals surface area contributed by atoms with Crippen LogP contribution in [-0.4, -0.2) is 28.8 Å². The number of aromatic nitrogens is 3. The third kappa shape index (κ3) is 2.71. The van der Waals surface area contributed by atoms with Gasteiger partial charge in [-0.3, -0.25) is 0 Å². The van der Waals surface area contributed by atoms with Crippen molar-refractivity contribution in [2.24, 2.45) is 0 Å². The molecular formula is C20H18N4O2. The van der Waals surface area contributed by atoms with Gasteiger partial charge in [-0.1, -0.05) is 12.1 Å². The summed E-state index contributed by atoms with van der Waals surface area (Å²) in [5.41, 5.74) is 10.6. The first kappa shape index (κ1) is 16.0. The lowest BCUT2D eigenvalue weighted by Crippen LogP contribution is -2.02. The molecule has 130 valence electrons. The van der Waals surface area contributed by atoms with E-state index in [0.29, 0.717) is 11.5 Å². The minimum absolute atomic E-state index is 0.542. The number of nitrogens with zero attached hydrogens (tertiary/aromatic N) is 3. The molecule has 0 fully saturated rings. The molecule has 6 nitrogen and oxygen atoms in total. The van der Waals surface area contributed by atoms with Gasteiger partial charge in [0.2, 0.25) is 0 Å². The van der Waals surface area contributed by atoms with E-state index in [9.17, 15) is 0 Å². The van der Waals surface area contributed by atoms with Crippen LogP contribution in [0.4, 0.5) is 5.82 Å². The molecule has 2 N–H and O–H groups in total. The Morgan fingerprint density at radius 2 is 1.42 bits per heavy atom. The Balaban J connectivity index is 1.77. The molecular weight excluding hydrogens is 328 g/mol. The van der Waals surface area contributed by atoms with Gasteiger partial charge >= 0.3 is 0 Å². The van der Waals surface area contributed by atoms with E-state index in [2.05, 4.69) is 10.1 Å². The maximum atomic E-state index is 6.37. The molecule has 0 aliphatic carbocycles. The second kappa shape index (κ2) is 6.40. The van der Waals surface area contributed by atoms with Crippen LogP contribution in [0.3, 0.4) is 0 Å². The lowest BCUT2D eigenvalue weighted by Gasteiger charge is -2.08. The minimum atomic E-state index is 0.542. The molecule has 0 saturated heterocycles. The summed E-state index contributed by atoms with van der Waals surface area (Å²) in [5.74, 6) is 2.14. The number of ether oxygens (including phenoxy) is 2. The number of anilines is 1. The topological polar surface area (TPSA) is 74.7 Å². The molecule has 0 amide bonds. The molecule has 6 heteroatoms. The predicted octanol–water partition coefficient (Wildman–Crippen LogP) is 3.66. The quantitative estimate of drug-likeness (QED) is 0.610. The number of nitrogen functional groups attached to an aromatic ring is 1. The van der Waals surface area contributed by atoms with Gasteiger partial charge in [0.15, 0.2) is 5.65 Å². The van der Waals surface area contributed by atoms with Crippen LogP contribution in [0.2, 0.25) is 0 Å². The highest BCUT2D eigenvalue weighted by molar-refractivity contribution is 5.76. The molecule has 0 aliphatic rings. The van der Waals surface area contributed by atoms with Gasteiger partial charge < -0.3 is 15.2 Å². The van der Waals surface area contributed by atoms with Crippen molar-refractivity contribution >= 4 is 11.5 Å². The zero-order valence-electron chi connectivity index (χ0n) is 14.5. The number of hydrogen-bond acceptors (Lipinski definition) is 5. The zero-order chi connectivity index (χ0) is 18.1. The summed E-state index contributed by atoms with van der Waals surface area (Å²) in [4.78, 5) is 4.51. The molecule has 2 heterocycles. The Labute approximate surface area is 150 Å². The molecule has 4 rings (SSSR count). The fraction of sp³-hybridized carbons (Fsp3) is 0.100. The van der Waals surface area contributed by atoms with Crippen molar-refractivity contribution in [3.05, 3.63) is 60.8 Å². The number of methoxy groups -OCH3 is 2. The molecule has 0 radical (unpaired) electrons. The summed E-state index contributed by atoms with van der Waals surface area (Å²) >= 11 is 0. The molecule has 0 atom stereocenters. The maximum Gasteiger partial charge on any atom is 0.157 e. The predicted molar refractivity (Wildman–Crippen MR) is 101 cm³/mol. The van der Waals surface area contributed by atoms with Gasteiger partial charge in [-0.05, 0) is 42.0 Å². The van der Waals surface area contributed by atoms with E-state index in [-0.39, 0.29) is 0 Å². The van der Waals surface area contributed by atoms with Gasteiger partial charge in [0.25, 0.3) is 0 Å². The first-order chi connectivity index (χ1) is 12.7. The smallest absolute Gasteiger partial charge is 0.157 e. The molecule has 0 unspecified atom stereocenters. The summed E-state index contributed by atoms with van der Waals surface area (Å²) in [6.45, 7) is 0. The van der Waals surface area contributed by atoms with Gasteiger partial charge in [0.1, 0.15) is 17.3 Å². The Kier molecular flexibility index (Phi) is 3.93. The fourth-order valence-electron chi connectivity index (χ4n) is 2.85. The van der Waals surface area contributed by atoms with Crippen molar-refractivity contribution in [2.45, 2.75) is 0 Å². The highest BCUT2D eigenvalue weighted by Crippen LogP contribution is 2.29. The first-order valence-corrected chi connectivity index (χ1v) is 8.12. The second-order valence-electron chi connectivity index (χ2n) is 5.81. The number of nitrogens with two attached hydrogens (primary N) is 1. The first-order valence-electron chi connectivity index (χ1n) is 8.12. The number of rotatable bonds is 4. The normalized spacial score (nSPS) is 10.8. The largest absolute Gasteiger partial charge is 0.497 e. The van der Waals surface area contributed by atoms with Crippen LogP contribution >= 0.6 is 0 Å². The van der Waals surface area contributed by atoms with Crippen molar-refractivity contribution in [3.8, 4) is 33.9 Å². The summed E-state index contributed by atoms with van der Waals surface area (Å²) in [6.07, 6.45) is 1.77. The molecule has 2 aromatic heterocycles. The van der Waals surface area contributed by atoms with Crippen LogP contribution in [0.15, 0.2) is 60.8 Å². The highest BCUT2D eigenvalue weighted by Gasteiger charge is 2.12. The molecule has 0 saturated carbocycles. The summed E-state index contributed by atoms with van der Waals surface area (Å²) in [6, 6.07) is 17.3. The van der Waals surface area contributed by atoms with E-state index in [0.717, 1.165) is 33.9 Å². The average Bonchev–Trinajstić information content (AvgIpc) is 3.14. The van der Waals surface area contributed by atoms with Crippen molar-refractivity contribution < 1.29 is 9.47 Å². The average molecular weight is 346 g/mol. The third-order valence-electron chi connectivity index (χ3n) is 4.31. The van der Waals surface area contributed by atoms with Crippen molar-refractivity contribution in [1.29, 1.82) is 0 Å². The van der Waals surface area contributed by atoms with E-state index in [1.807, 2.05) is 54.6 Å². The Bertz CT molecular complexity index is 1050. The van der Waals surface area contributed by atoms with Gasteiger partial charge in [0, 0.05) is 23.4 Å². The van der Waals surface area contributed by atoms with Crippen molar-refractivity contribution in [3.63, 3.8) is 0 Å². The van der Waals surface area contributed by atoms with Crippen LogP contribution in [0, 0.1) is 0 Å². The molecule has 2 aromatic carbocycles. The summed E-state index contributed by atoms with van der Waals surface area (Å²) in [5, 5.41) is 4.62. The van der Waals surface area contributed by atoms with Gasteiger partial charge in [0.05, 0.1) is 19.9 Å². The van der Waals surface area contributed by atoms with E-state index in [1.165, 1.54) is 0 Å². The Morgan fingerprint density at radius 1 is 0.846 bits per heavy atom. The van der Waals surface area contributed by atoms with Gasteiger partial charge in [-0.15, -0.1) is 0 Å². The second-order valence-corrected chi connectivity index (χ2v) is 5.81. The molecule has 26 heavy (non-hydrogen) atoms.